The maximum absolute atomic E-state index is 0. The molecule has 0 aromatic carbocycles. The Morgan fingerprint density at radius 3 is 0.429 bits per heavy atom. The van der Waals surface area contributed by atoms with Crippen LogP contribution in [0.3, 0.4) is 0 Å². The summed E-state index contributed by atoms with van der Waals surface area (Å²) in [4.78, 5) is 0. The van der Waals surface area contributed by atoms with Gasteiger partial charge >= 0.3 is 66.2 Å². The Balaban J connectivity index is 0. The van der Waals surface area contributed by atoms with Crippen LogP contribution in [0, 0.1) is 0 Å². The van der Waals surface area contributed by atoms with Crippen molar-refractivity contribution in [1.29, 1.82) is 0 Å². The monoisotopic (exact) mass is 340 g/mol. The first-order valence-corrected chi connectivity index (χ1v) is 0. The number of hydrogen-bond acceptors (Lipinski definition) is 0. The van der Waals surface area contributed by atoms with Crippen LogP contribution in [-0.4, -0.2) is 66.2 Å². The van der Waals surface area contributed by atoms with Crippen LogP contribution >= 0.6 is 0 Å². The van der Waals surface area contributed by atoms with Crippen LogP contribution in [0.2, 0.25) is 0 Å². The third kappa shape index (κ3) is 43.2. The quantitative estimate of drug-likeness (QED) is 0.384. The standard InChI is InChI=1S/Al.Ba.5ClH/h;;5*1H/q+3;+2;;;;;/p-5. The zero-order valence-electron chi connectivity index (χ0n) is 3.17. The van der Waals surface area contributed by atoms with Crippen LogP contribution in [0.5, 0.6) is 0 Å². The minimum atomic E-state index is 0. The van der Waals surface area contributed by atoms with Crippen molar-refractivity contribution in [3.63, 3.8) is 0 Å². The molecule has 0 aliphatic rings. The predicted octanol–water partition coefficient (Wildman–Crippen LogP) is -15.7. The maximum atomic E-state index is 0. The molecule has 7 heteroatoms. The van der Waals surface area contributed by atoms with Crippen molar-refractivity contribution in [2.24, 2.45) is 0 Å². The van der Waals surface area contributed by atoms with E-state index in [1.54, 1.807) is 0 Å². The first kappa shape index (κ1) is 76.3. The van der Waals surface area contributed by atoms with Crippen LogP contribution < -0.4 is 62.0 Å². The molecule has 0 atom stereocenters. The van der Waals surface area contributed by atoms with Gasteiger partial charge in [-0.3, -0.25) is 0 Å². The minimum Gasteiger partial charge on any atom is -1.00 e. The van der Waals surface area contributed by atoms with Gasteiger partial charge in [0.2, 0.25) is 0 Å². The van der Waals surface area contributed by atoms with E-state index >= 15 is 0 Å². The van der Waals surface area contributed by atoms with Gasteiger partial charge in [0.25, 0.3) is 0 Å². The van der Waals surface area contributed by atoms with Crippen LogP contribution in [0.25, 0.3) is 0 Å². The fourth-order valence-electron chi connectivity index (χ4n) is 0. The average Bonchev–Trinajstić information content (AvgIpc) is 0. The summed E-state index contributed by atoms with van der Waals surface area (Å²) in [6, 6.07) is 0. The van der Waals surface area contributed by atoms with Gasteiger partial charge in [-0.05, 0) is 0 Å². The minimum absolute atomic E-state index is 0. The second-order valence-corrected chi connectivity index (χ2v) is 0. The molecule has 40 valence electrons. The van der Waals surface area contributed by atoms with E-state index in [0.717, 1.165) is 0 Å². The summed E-state index contributed by atoms with van der Waals surface area (Å²) >= 11 is 0. The van der Waals surface area contributed by atoms with Crippen LogP contribution in [-0.2, 0) is 0 Å². The van der Waals surface area contributed by atoms with Gasteiger partial charge in [0.15, 0.2) is 0 Å². The second-order valence-electron chi connectivity index (χ2n) is 0. The Morgan fingerprint density at radius 2 is 0.429 bits per heavy atom. The molecule has 0 nitrogen and oxygen atoms in total. The molecular formula is AlBaCl5. The Labute approximate surface area is 126 Å². The van der Waals surface area contributed by atoms with Gasteiger partial charge in [-0.25, -0.2) is 0 Å². The van der Waals surface area contributed by atoms with E-state index in [1.807, 2.05) is 0 Å². The molecule has 0 aromatic rings. The van der Waals surface area contributed by atoms with Crippen molar-refractivity contribution < 1.29 is 62.0 Å². The molecule has 0 aromatic heterocycles. The number of rotatable bonds is 0. The molecule has 0 aliphatic carbocycles. The first-order valence-electron chi connectivity index (χ1n) is 0. The summed E-state index contributed by atoms with van der Waals surface area (Å²) in [6.07, 6.45) is 0. The SMILES string of the molecule is [Al+3].[Ba+2].[Cl-].[Cl-].[Cl-].[Cl-].[Cl-]. The summed E-state index contributed by atoms with van der Waals surface area (Å²) in [5, 5.41) is 0. The molecule has 0 N–H and O–H groups in total. The average molecular weight is 342 g/mol. The van der Waals surface area contributed by atoms with E-state index < -0.39 is 0 Å². The Kier molecular flexibility index (Phi) is 603. The van der Waals surface area contributed by atoms with E-state index in [0.29, 0.717) is 0 Å². The van der Waals surface area contributed by atoms with Crippen molar-refractivity contribution in [2.45, 2.75) is 0 Å². The van der Waals surface area contributed by atoms with Gasteiger partial charge in [0, 0.05) is 0 Å². The molecule has 0 fully saturated rings. The third-order valence-electron chi connectivity index (χ3n) is 0. The molecule has 0 saturated carbocycles. The third-order valence-corrected chi connectivity index (χ3v) is 0. The Bertz CT molecular complexity index is 8.04. The molecule has 0 rings (SSSR count). The summed E-state index contributed by atoms with van der Waals surface area (Å²) in [5.74, 6) is 0. The number of hydrogen-bond donors (Lipinski definition) is 0. The molecule has 0 amide bonds. The topological polar surface area (TPSA) is 0 Å². The maximum Gasteiger partial charge on any atom is 3.00 e. The zero-order valence-corrected chi connectivity index (χ0v) is 12.5. The van der Waals surface area contributed by atoms with E-state index in [-0.39, 0.29) is 128 Å². The molecule has 0 spiro atoms. The Morgan fingerprint density at radius 1 is 0.429 bits per heavy atom. The fraction of sp³-hybridized carbons (Fsp3) is 0. The second kappa shape index (κ2) is 55.3. The molecule has 0 bridgehead atoms. The largest absolute Gasteiger partial charge is 3.00 e. The normalized spacial score (nSPS) is 0. The summed E-state index contributed by atoms with van der Waals surface area (Å²) in [5.41, 5.74) is 0. The van der Waals surface area contributed by atoms with E-state index in [2.05, 4.69) is 0 Å². The van der Waals surface area contributed by atoms with E-state index in [4.69, 9.17) is 0 Å². The van der Waals surface area contributed by atoms with Crippen molar-refractivity contribution in [3.8, 4) is 0 Å². The van der Waals surface area contributed by atoms with Gasteiger partial charge in [0.05, 0.1) is 0 Å². The van der Waals surface area contributed by atoms with E-state index in [1.165, 1.54) is 0 Å². The summed E-state index contributed by atoms with van der Waals surface area (Å²) in [7, 11) is 0. The smallest absolute Gasteiger partial charge is 1.00 e. The van der Waals surface area contributed by atoms with Crippen LogP contribution in [0.15, 0.2) is 0 Å². The number of halogens is 5. The molecule has 7 heavy (non-hydrogen) atoms. The molecule has 0 saturated heterocycles. The van der Waals surface area contributed by atoms with Crippen LogP contribution in [0.4, 0.5) is 0 Å². The Hall–Kier alpha value is 3.55. The van der Waals surface area contributed by atoms with Gasteiger partial charge < -0.3 is 62.0 Å². The molecular weight excluding hydrogens is 342 g/mol. The van der Waals surface area contributed by atoms with Gasteiger partial charge in [-0.1, -0.05) is 0 Å². The first-order chi connectivity index (χ1) is 0. The molecule has 0 unspecified atom stereocenters. The molecule has 0 aliphatic heterocycles. The molecule has 0 heterocycles. The van der Waals surface area contributed by atoms with Crippen LogP contribution in [0.1, 0.15) is 0 Å². The van der Waals surface area contributed by atoms with Crippen molar-refractivity contribution in [1.82, 2.24) is 0 Å². The van der Waals surface area contributed by atoms with E-state index in [9.17, 15) is 0 Å². The van der Waals surface area contributed by atoms with Crippen molar-refractivity contribution in [2.75, 3.05) is 0 Å². The van der Waals surface area contributed by atoms with Crippen molar-refractivity contribution >= 4 is 66.2 Å². The van der Waals surface area contributed by atoms with Gasteiger partial charge in [-0.2, -0.15) is 0 Å². The molecule has 0 radical (unpaired) electrons. The summed E-state index contributed by atoms with van der Waals surface area (Å²) < 4.78 is 0. The van der Waals surface area contributed by atoms with Gasteiger partial charge in [0.1, 0.15) is 0 Å². The fourth-order valence-corrected chi connectivity index (χ4v) is 0. The van der Waals surface area contributed by atoms with Crippen molar-refractivity contribution in [3.05, 3.63) is 0 Å². The van der Waals surface area contributed by atoms with Gasteiger partial charge in [-0.15, -0.1) is 0 Å². The predicted molar refractivity (Wildman–Crippen MR) is 11.5 cm³/mol. The summed E-state index contributed by atoms with van der Waals surface area (Å²) in [6.45, 7) is 0. The zero-order chi connectivity index (χ0) is 0.